The second kappa shape index (κ2) is 9.84. The van der Waals surface area contributed by atoms with E-state index in [9.17, 15) is 9.90 Å². The van der Waals surface area contributed by atoms with Crippen LogP contribution in [0.25, 0.3) is 0 Å². The number of hydrogen-bond acceptors (Lipinski definition) is 7. The van der Waals surface area contributed by atoms with Gasteiger partial charge in [0.2, 0.25) is 5.91 Å². The predicted octanol–water partition coefficient (Wildman–Crippen LogP) is 2.38. The number of carbonyl (C=O) groups excluding carboxylic acids is 1. The molecule has 1 aromatic rings. The number of aliphatic hydroxyl groups excluding tert-OH is 1. The van der Waals surface area contributed by atoms with Crippen LogP contribution < -0.4 is 5.32 Å². The normalized spacial score (nSPS) is 33.1. The van der Waals surface area contributed by atoms with Gasteiger partial charge in [0.25, 0.3) is 0 Å². The summed E-state index contributed by atoms with van der Waals surface area (Å²) in [5.41, 5.74) is 2.17. The third kappa shape index (κ3) is 4.76. The maximum atomic E-state index is 13.1. The van der Waals surface area contributed by atoms with E-state index in [1.165, 1.54) is 38.5 Å². The number of nitrogens with zero attached hydrogens (tertiary/aromatic N) is 5. The summed E-state index contributed by atoms with van der Waals surface area (Å²) >= 11 is 0. The van der Waals surface area contributed by atoms with Crippen molar-refractivity contribution in [2.45, 2.75) is 77.5 Å². The molecule has 7 rings (SSSR count). The summed E-state index contributed by atoms with van der Waals surface area (Å²) in [6.07, 6.45) is 9.82. The van der Waals surface area contributed by atoms with Crippen LogP contribution in [-0.2, 0) is 17.8 Å². The van der Waals surface area contributed by atoms with Gasteiger partial charge in [-0.3, -0.25) is 14.6 Å². The summed E-state index contributed by atoms with van der Waals surface area (Å²) in [4.78, 5) is 28.9. The van der Waals surface area contributed by atoms with Crippen molar-refractivity contribution in [1.29, 1.82) is 0 Å². The van der Waals surface area contributed by atoms with Gasteiger partial charge in [-0.15, -0.1) is 0 Å². The Morgan fingerprint density at radius 1 is 1.06 bits per heavy atom. The van der Waals surface area contributed by atoms with Gasteiger partial charge < -0.3 is 15.3 Å². The molecule has 1 atom stereocenters. The first-order chi connectivity index (χ1) is 17.4. The third-order valence-corrected chi connectivity index (χ3v) is 10.1. The molecule has 6 aliphatic rings. The van der Waals surface area contributed by atoms with Crippen LogP contribution >= 0.6 is 0 Å². The molecule has 4 saturated carbocycles. The number of carbonyl (C=O) groups is 1. The molecule has 2 aliphatic heterocycles. The fourth-order valence-electron chi connectivity index (χ4n) is 8.44. The van der Waals surface area contributed by atoms with Crippen molar-refractivity contribution in [3.8, 4) is 0 Å². The van der Waals surface area contributed by atoms with Crippen LogP contribution in [0.2, 0.25) is 0 Å². The van der Waals surface area contributed by atoms with Crippen molar-refractivity contribution in [3.63, 3.8) is 0 Å². The molecule has 1 aromatic heterocycles. The number of fused-ring (bicyclic) bond motifs is 1. The number of aliphatic hydroxyl groups is 1. The lowest BCUT2D eigenvalue weighted by atomic mass is 9.48. The number of nitrogens with one attached hydrogen (secondary N) is 1. The molecule has 5 fully saturated rings. The number of amides is 1. The topological polar surface area (TPSA) is 84.8 Å². The monoisotopic (exact) mass is 496 g/mol. The van der Waals surface area contributed by atoms with E-state index >= 15 is 0 Å². The van der Waals surface area contributed by atoms with Gasteiger partial charge in [0.1, 0.15) is 12.1 Å². The molecule has 0 radical (unpaired) electrons. The molecule has 1 amide bonds. The van der Waals surface area contributed by atoms with E-state index in [4.69, 9.17) is 0 Å². The van der Waals surface area contributed by atoms with E-state index in [0.29, 0.717) is 32.2 Å². The second-order valence-corrected chi connectivity index (χ2v) is 12.8. The zero-order valence-electron chi connectivity index (χ0n) is 22.2. The SMILES string of the molecule is CC(C)N1CCN(CC(=O)N2CCc3c(ncnc3NCC(O)C34CC5CC(CC(C5)C3)C4)C2)CC1. The molecule has 1 saturated heterocycles. The fraction of sp³-hybridized carbons (Fsp3) is 0.821. The van der Waals surface area contributed by atoms with Crippen LogP contribution in [0.5, 0.6) is 0 Å². The highest BCUT2D eigenvalue weighted by Gasteiger charge is 2.53. The summed E-state index contributed by atoms with van der Waals surface area (Å²) in [5.74, 6) is 3.55. The molecule has 0 spiro atoms. The van der Waals surface area contributed by atoms with E-state index in [0.717, 1.165) is 67.4 Å². The van der Waals surface area contributed by atoms with E-state index in [-0.39, 0.29) is 17.4 Å². The summed E-state index contributed by atoms with van der Waals surface area (Å²) in [6.45, 7) is 10.8. The van der Waals surface area contributed by atoms with E-state index in [2.05, 4.69) is 38.9 Å². The van der Waals surface area contributed by atoms with Gasteiger partial charge in [-0.1, -0.05) is 0 Å². The Balaban J connectivity index is 1.04. The maximum Gasteiger partial charge on any atom is 0.237 e. The van der Waals surface area contributed by atoms with Crippen LogP contribution in [0.1, 0.15) is 63.6 Å². The minimum Gasteiger partial charge on any atom is -0.391 e. The summed E-state index contributed by atoms with van der Waals surface area (Å²) in [7, 11) is 0. The zero-order chi connectivity index (χ0) is 24.9. The first-order valence-corrected chi connectivity index (χ1v) is 14.4. The van der Waals surface area contributed by atoms with Crippen molar-refractivity contribution in [2.24, 2.45) is 23.2 Å². The molecular weight excluding hydrogens is 452 g/mol. The highest BCUT2D eigenvalue weighted by Crippen LogP contribution is 2.61. The van der Waals surface area contributed by atoms with Crippen LogP contribution in [-0.4, -0.2) is 93.6 Å². The van der Waals surface area contributed by atoms with Crippen molar-refractivity contribution in [2.75, 3.05) is 51.1 Å². The second-order valence-electron chi connectivity index (χ2n) is 12.8. The van der Waals surface area contributed by atoms with Gasteiger partial charge in [0, 0.05) is 50.9 Å². The minimum atomic E-state index is -0.325. The van der Waals surface area contributed by atoms with Gasteiger partial charge in [-0.25, -0.2) is 9.97 Å². The summed E-state index contributed by atoms with van der Waals surface area (Å²) < 4.78 is 0. The van der Waals surface area contributed by atoms with Crippen LogP contribution in [0.4, 0.5) is 5.82 Å². The number of rotatable bonds is 7. The molecule has 1 unspecified atom stereocenters. The number of aromatic nitrogens is 2. The molecule has 4 aliphatic carbocycles. The van der Waals surface area contributed by atoms with Gasteiger partial charge in [0.05, 0.1) is 24.9 Å². The van der Waals surface area contributed by atoms with Crippen molar-refractivity contribution in [3.05, 3.63) is 17.6 Å². The third-order valence-electron chi connectivity index (χ3n) is 10.1. The average molecular weight is 497 g/mol. The lowest BCUT2D eigenvalue weighted by Gasteiger charge is -2.58. The number of anilines is 1. The Bertz CT molecular complexity index is 924. The predicted molar refractivity (Wildman–Crippen MR) is 139 cm³/mol. The molecule has 8 heteroatoms. The highest BCUT2D eigenvalue weighted by molar-refractivity contribution is 5.78. The Labute approximate surface area is 215 Å². The molecule has 36 heavy (non-hydrogen) atoms. The largest absolute Gasteiger partial charge is 0.391 e. The standard InChI is InChI=1S/C28H44N6O2/c1-19(2)33-7-5-32(6-8-33)17-26(36)34-4-3-23-24(16-34)30-18-31-27(23)29-15-25(35)28-12-20-9-21(13-28)11-22(10-20)14-28/h18-22,25,35H,3-17H2,1-2H3,(H,29,30,31). The molecular formula is C28H44N6O2. The zero-order valence-corrected chi connectivity index (χ0v) is 22.2. The van der Waals surface area contributed by atoms with E-state index in [1.807, 2.05) is 4.90 Å². The van der Waals surface area contributed by atoms with Crippen LogP contribution in [0.3, 0.4) is 0 Å². The number of piperazine rings is 1. The maximum absolute atomic E-state index is 13.1. The van der Waals surface area contributed by atoms with Gasteiger partial charge >= 0.3 is 0 Å². The van der Waals surface area contributed by atoms with Crippen molar-refractivity contribution in [1.82, 2.24) is 24.7 Å². The quantitative estimate of drug-likeness (QED) is 0.600. The van der Waals surface area contributed by atoms with Crippen LogP contribution in [0.15, 0.2) is 6.33 Å². The first-order valence-electron chi connectivity index (χ1n) is 14.4. The van der Waals surface area contributed by atoms with E-state index < -0.39 is 0 Å². The Kier molecular flexibility index (Phi) is 6.71. The summed E-state index contributed by atoms with van der Waals surface area (Å²) in [6, 6.07) is 0.567. The molecule has 0 aromatic carbocycles. The van der Waals surface area contributed by atoms with Gasteiger partial charge in [-0.2, -0.15) is 0 Å². The lowest BCUT2D eigenvalue weighted by Crippen LogP contribution is -2.53. The molecule has 2 N–H and O–H groups in total. The summed E-state index contributed by atoms with van der Waals surface area (Å²) in [5, 5.41) is 14.8. The number of hydrogen-bond donors (Lipinski definition) is 2. The van der Waals surface area contributed by atoms with Gasteiger partial charge in [-0.05, 0) is 82.0 Å². The van der Waals surface area contributed by atoms with Crippen molar-refractivity contribution >= 4 is 11.7 Å². The van der Waals surface area contributed by atoms with Gasteiger partial charge in [0.15, 0.2) is 0 Å². The Morgan fingerprint density at radius 2 is 1.72 bits per heavy atom. The van der Waals surface area contributed by atoms with E-state index in [1.54, 1.807) is 6.33 Å². The molecule has 8 nitrogen and oxygen atoms in total. The molecule has 3 heterocycles. The lowest BCUT2D eigenvalue weighted by molar-refractivity contribution is -0.133. The highest BCUT2D eigenvalue weighted by atomic mass is 16.3. The molecule has 198 valence electrons. The smallest absolute Gasteiger partial charge is 0.237 e. The first kappa shape index (κ1) is 24.6. The Hall–Kier alpha value is -1.77. The molecule has 4 bridgehead atoms. The average Bonchev–Trinajstić information content (AvgIpc) is 2.86. The van der Waals surface area contributed by atoms with Crippen LogP contribution in [0, 0.1) is 23.2 Å². The minimum absolute atomic E-state index is 0.110. The van der Waals surface area contributed by atoms with Crippen molar-refractivity contribution < 1.29 is 9.90 Å². The Morgan fingerprint density at radius 3 is 2.36 bits per heavy atom. The fourth-order valence-corrected chi connectivity index (χ4v) is 8.44.